The number of aryl methyl sites for hydroxylation is 1. The first-order valence-corrected chi connectivity index (χ1v) is 6.27. The zero-order valence-corrected chi connectivity index (χ0v) is 11.3. The van der Waals surface area contributed by atoms with Crippen molar-refractivity contribution in [2.24, 2.45) is 5.92 Å². The summed E-state index contributed by atoms with van der Waals surface area (Å²) in [6.45, 7) is 3.74. The Morgan fingerprint density at radius 1 is 1.29 bits per heavy atom. The van der Waals surface area contributed by atoms with Crippen molar-refractivity contribution in [3.63, 3.8) is 0 Å². The number of imide groups is 1. The lowest BCUT2D eigenvalue weighted by Gasteiger charge is -2.27. The molecule has 0 aliphatic carbocycles. The van der Waals surface area contributed by atoms with Crippen LogP contribution in [0.5, 0.6) is 0 Å². The molecule has 4 nitrogen and oxygen atoms in total. The number of hydrogen-bond donors (Lipinski definition) is 0. The van der Waals surface area contributed by atoms with Gasteiger partial charge in [-0.05, 0) is 40.9 Å². The van der Waals surface area contributed by atoms with Crippen LogP contribution in [0.3, 0.4) is 0 Å². The lowest BCUT2D eigenvalue weighted by Crippen LogP contribution is -2.43. The van der Waals surface area contributed by atoms with E-state index >= 15 is 0 Å². The first-order chi connectivity index (χ1) is 7.99. The number of nitrogens with zero attached hydrogens (tertiary/aromatic N) is 2. The summed E-state index contributed by atoms with van der Waals surface area (Å²) >= 11 is 3.34. The van der Waals surface area contributed by atoms with Crippen molar-refractivity contribution >= 4 is 33.6 Å². The van der Waals surface area contributed by atoms with Gasteiger partial charge in [0.25, 0.3) is 0 Å². The van der Waals surface area contributed by atoms with Crippen molar-refractivity contribution in [2.45, 2.75) is 26.7 Å². The molecule has 0 bridgehead atoms. The van der Waals surface area contributed by atoms with E-state index in [1.807, 2.05) is 13.8 Å². The quantitative estimate of drug-likeness (QED) is 0.748. The third-order valence-corrected chi connectivity index (χ3v) is 3.62. The van der Waals surface area contributed by atoms with Gasteiger partial charge < -0.3 is 0 Å². The summed E-state index contributed by atoms with van der Waals surface area (Å²) in [5.74, 6) is 0.223. The highest BCUT2D eigenvalue weighted by molar-refractivity contribution is 9.10. The fourth-order valence-electron chi connectivity index (χ4n) is 1.90. The number of piperidine rings is 1. The average molecular weight is 297 g/mol. The predicted octanol–water partition coefficient (Wildman–Crippen LogP) is 2.44. The van der Waals surface area contributed by atoms with Crippen molar-refractivity contribution in [3.8, 4) is 0 Å². The summed E-state index contributed by atoms with van der Waals surface area (Å²) in [6, 6.07) is 3.49. The van der Waals surface area contributed by atoms with E-state index in [0.29, 0.717) is 18.7 Å². The molecular weight excluding hydrogens is 284 g/mol. The van der Waals surface area contributed by atoms with Crippen LogP contribution in [0.4, 0.5) is 5.82 Å². The van der Waals surface area contributed by atoms with Crippen molar-refractivity contribution in [1.29, 1.82) is 0 Å². The molecule has 2 amide bonds. The van der Waals surface area contributed by atoms with Gasteiger partial charge in [-0.25, -0.2) is 9.88 Å². The number of carbonyl (C=O) groups is 2. The van der Waals surface area contributed by atoms with E-state index in [1.54, 1.807) is 12.1 Å². The summed E-state index contributed by atoms with van der Waals surface area (Å²) in [7, 11) is 0. The van der Waals surface area contributed by atoms with Crippen molar-refractivity contribution in [1.82, 2.24) is 4.98 Å². The van der Waals surface area contributed by atoms with E-state index in [1.165, 1.54) is 4.90 Å². The second-order valence-corrected chi connectivity index (χ2v) is 5.23. The Kier molecular flexibility index (Phi) is 3.28. The molecule has 0 saturated carbocycles. The van der Waals surface area contributed by atoms with E-state index in [2.05, 4.69) is 20.9 Å². The summed E-state index contributed by atoms with van der Waals surface area (Å²) < 4.78 is 0.867. The number of aromatic nitrogens is 1. The Bertz CT molecular complexity index is 469. The summed E-state index contributed by atoms with van der Waals surface area (Å²) in [5.41, 5.74) is 0.765. The third kappa shape index (κ3) is 2.39. The standard InChI is InChI=1S/C12H13BrN2O2/c1-7-5-11(16)15(12(17)6-7)10-4-3-9(13)8(2)14-10/h3-4,7H,5-6H2,1-2H3. The van der Waals surface area contributed by atoms with Crippen LogP contribution in [0.25, 0.3) is 0 Å². The molecule has 5 heteroatoms. The molecule has 2 heterocycles. The summed E-state index contributed by atoms with van der Waals surface area (Å²) in [6.07, 6.45) is 0.811. The molecule has 0 aromatic carbocycles. The van der Waals surface area contributed by atoms with E-state index in [0.717, 1.165) is 10.2 Å². The van der Waals surface area contributed by atoms with Crippen LogP contribution in [-0.4, -0.2) is 16.8 Å². The Hall–Kier alpha value is -1.23. The third-order valence-electron chi connectivity index (χ3n) is 2.78. The summed E-state index contributed by atoms with van der Waals surface area (Å²) in [5, 5.41) is 0. The largest absolute Gasteiger partial charge is 0.274 e. The van der Waals surface area contributed by atoms with Crippen LogP contribution in [0, 0.1) is 12.8 Å². The molecule has 0 N–H and O–H groups in total. The van der Waals surface area contributed by atoms with Gasteiger partial charge in [0.05, 0.1) is 5.69 Å². The predicted molar refractivity (Wildman–Crippen MR) is 67.6 cm³/mol. The number of amides is 2. The zero-order chi connectivity index (χ0) is 12.6. The second-order valence-electron chi connectivity index (χ2n) is 4.37. The Balaban J connectivity index is 2.35. The highest BCUT2D eigenvalue weighted by Crippen LogP contribution is 2.25. The van der Waals surface area contributed by atoms with Crippen molar-refractivity contribution in [3.05, 3.63) is 22.3 Å². The van der Waals surface area contributed by atoms with Gasteiger partial charge in [-0.2, -0.15) is 0 Å². The van der Waals surface area contributed by atoms with E-state index in [4.69, 9.17) is 0 Å². The van der Waals surface area contributed by atoms with Gasteiger partial charge in [0, 0.05) is 17.3 Å². The fraction of sp³-hybridized carbons (Fsp3) is 0.417. The number of hydrogen-bond acceptors (Lipinski definition) is 3. The highest BCUT2D eigenvalue weighted by atomic mass is 79.9. The molecule has 1 fully saturated rings. The van der Waals surface area contributed by atoms with Crippen LogP contribution in [0.2, 0.25) is 0 Å². The molecule has 0 atom stereocenters. The summed E-state index contributed by atoms with van der Waals surface area (Å²) in [4.78, 5) is 29.2. The lowest BCUT2D eigenvalue weighted by atomic mass is 9.98. The van der Waals surface area contributed by atoms with Gasteiger partial charge in [0.2, 0.25) is 11.8 Å². The molecule has 2 rings (SSSR count). The average Bonchev–Trinajstić information content (AvgIpc) is 2.21. The second kappa shape index (κ2) is 4.56. The molecule has 90 valence electrons. The zero-order valence-electron chi connectivity index (χ0n) is 9.74. The van der Waals surface area contributed by atoms with Gasteiger partial charge in [0.15, 0.2) is 0 Å². The number of pyridine rings is 1. The van der Waals surface area contributed by atoms with Crippen molar-refractivity contribution < 1.29 is 9.59 Å². The Morgan fingerprint density at radius 2 is 1.88 bits per heavy atom. The van der Waals surface area contributed by atoms with Crippen LogP contribution >= 0.6 is 15.9 Å². The normalized spacial score (nSPS) is 17.7. The molecule has 0 spiro atoms. The van der Waals surface area contributed by atoms with Gasteiger partial charge in [-0.1, -0.05) is 6.92 Å². The molecule has 1 aromatic rings. The van der Waals surface area contributed by atoms with Crippen LogP contribution in [-0.2, 0) is 9.59 Å². The van der Waals surface area contributed by atoms with E-state index < -0.39 is 0 Å². The molecule has 17 heavy (non-hydrogen) atoms. The number of rotatable bonds is 1. The maximum Gasteiger partial charge on any atom is 0.235 e. The molecule has 0 unspecified atom stereocenters. The smallest absolute Gasteiger partial charge is 0.235 e. The number of carbonyl (C=O) groups excluding carboxylic acids is 2. The minimum atomic E-state index is -0.164. The molecule has 1 aliphatic rings. The Labute approximate surface area is 108 Å². The highest BCUT2D eigenvalue weighted by Gasteiger charge is 2.32. The molecule has 1 saturated heterocycles. The first kappa shape index (κ1) is 12.2. The SMILES string of the molecule is Cc1nc(N2C(=O)CC(C)CC2=O)ccc1Br. The van der Waals surface area contributed by atoms with Gasteiger partial charge in [0.1, 0.15) is 5.82 Å². The van der Waals surface area contributed by atoms with E-state index in [9.17, 15) is 9.59 Å². The fourth-order valence-corrected chi connectivity index (χ4v) is 2.12. The topological polar surface area (TPSA) is 50.3 Å². The van der Waals surface area contributed by atoms with Crippen LogP contribution in [0.15, 0.2) is 16.6 Å². The van der Waals surface area contributed by atoms with Crippen LogP contribution < -0.4 is 4.90 Å². The maximum atomic E-state index is 11.9. The van der Waals surface area contributed by atoms with Gasteiger partial charge in [-0.15, -0.1) is 0 Å². The van der Waals surface area contributed by atoms with Gasteiger partial charge >= 0.3 is 0 Å². The maximum absolute atomic E-state index is 11.9. The van der Waals surface area contributed by atoms with Crippen LogP contribution in [0.1, 0.15) is 25.5 Å². The van der Waals surface area contributed by atoms with E-state index in [-0.39, 0.29) is 17.7 Å². The van der Waals surface area contributed by atoms with Gasteiger partial charge in [-0.3, -0.25) is 9.59 Å². The molecule has 0 radical (unpaired) electrons. The molecule has 1 aliphatic heterocycles. The molecule has 1 aromatic heterocycles. The lowest BCUT2D eigenvalue weighted by molar-refractivity contribution is -0.130. The minimum absolute atomic E-state index is 0.128. The van der Waals surface area contributed by atoms with Crippen molar-refractivity contribution in [2.75, 3.05) is 4.90 Å². The monoisotopic (exact) mass is 296 g/mol. The number of anilines is 1. The number of halogens is 1. The minimum Gasteiger partial charge on any atom is -0.274 e. The first-order valence-electron chi connectivity index (χ1n) is 5.48. The Morgan fingerprint density at radius 3 is 2.41 bits per heavy atom. The molecular formula is C12H13BrN2O2.